The van der Waals surface area contributed by atoms with E-state index in [1.165, 1.54) is 38.2 Å². The van der Waals surface area contributed by atoms with E-state index < -0.39 is 0 Å². The fourth-order valence-electron chi connectivity index (χ4n) is 6.76. The molecule has 1 aliphatic heterocycles. The van der Waals surface area contributed by atoms with Crippen LogP contribution in [0, 0.1) is 0 Å². The van der Waals surface area contributed by atoms with Crippen molar-refractivity contribution in [3.05, 3.63) is 217 Å². The first-order valence-electron chi connectivity index (χ1n) is 18.6. The lowest BCUT2D eigenvalue weighted by Gasteiger charge is -2.27. The molecular weight excluding hydrogens is 655 g/mol. The fraction of sp³-hybridized carbons (Fsp3) is 0.0980. The van der Waals surface area contributed by atoms with Crippen molar-refractivity contribution in [2.24, 2.45) is 9.98 Å². The summed E-state index contributed by atoms with van der Waals surface area (Å²) in [4.78, 5) is 11.7. The summed E-state index contributed by atoms with van der Waals surface area (Å²) in [6, 6.07) is 37.0. The number of hydrogen-bond acceptors (Lipinski definition) is 3. The van der Waals surface area contributed by atoms with Crippen LogP contribution >= 0.6 is 0 Å². The van der Waals surface area contributed by atoms with Crippen LogP contribution in [0.1, 0.15) is 43.9 Å². The van der Waals surface area contributed by atoms with Crippen LogP contribution in [0.15, 0.2) is 210 Å². The third kappa shape index (κ3) is 8.54. The molecule has 1 aliphatic rings. The zero-order valence-corrected chi connectivity index (χ0v) is 31.6. The molecule has 0 amide bonds. The van der Waals surface area contributed by atoms with E-state index >= 15 is 0 Å². The Morgan fingerprint density at radius 1 is 0.685 bits per heavy atom. The number of aliphatic imine (C=N–C) groups is 2. The van der Waals surface area contributed by atoms with E-state index in [1.807, 2.05) is 38.2 Å². The minimum Gasteiger partial charge on any atom is -0.301 e. The highest BCUT2D eigenvalue weighted by Gasteiger charge is 2.20. The number of rotatable bonds is 11. The highest BCUT2D eigenvalue weighted by atomic mass is 15.2. The van der Waals surface area contributed by atoms with Gasteiger partial charge in [-0.05, 0) is 94.8 Å². The van der Waals surface area contributed by atoms with Crippen molar-refractivity contribution in [2.45, 2.75) is 27.2 Å². The number of allylic oxidation sites excluding steroid dienone is 15. The molecule has 0 atom stereocenters. The molecule has 1 heterocycles. The molecule has 0 saturated carbocycles. The monoisotopic (exact) mass is 701 g/mol. The number of fused-ring (bicyclic) bond motifs is 2. The highest BCUT2D eigenvalue weighted by molar-refractivity contribution is 6.19. The lowest BCUT2D eigenvalue weighted by atomic mass is 9.85. The Morgan fingerprint density at radius 3 is 1.96 bits per heavy atom. The van der Waals surface area contributed by atoms with Crippen LogP contribution in [0.25, 0.3) is 43.9 Å². The molecule has 266 valence electrons. The minimum absolute atomic E-state index is 0.766. The Labute approximate surface area is 320 Å². The maximum atomic E-state index is 5.29. The maximum Gasteiger partial charge on any atom is 0.145 e. The predicted octanol–water partition coefficient (Wildman–Crippen LogP) is 13.5. The number of amidine groups is 1. The molecule has 5 aromatic carbocycles. The Morgan fingerprint density at radius 2 is 1.31 bits per heavy atom. The van der Waals surface area contributed by atoms with E-state index in [9.17, 15) is 0 Å². The molecule has 3 heteroatoms. The van der Waals surface area contributed by atoms with Gasteiger partial charge >= 0.3 is 0 Å². The molecule has 0 aliphatic carbocycles. The van der Waals surface area contributed by atoms with Gasteiger partial charge in [0.15, 0.2) is 0 Å². The molecule has 6 rings (SSSR count). The van der Waals surface area contributed by atoms with Crippen molar-refractivity contribution in [1.82, 2.24) is 4.90 Å². The lowest BCUT2D eigenvalue weighted by molar-refractivity contribution is 0.783. The van der Waals surface area contributed by atoms with Crippen molar-refractivity contribution in [3.8, 4) is 11.1 Å². The molecule has 5 aromatic rings. The number of benzene rings is 5. The maximum absolute atomic E-state index is 5.29. The minimum atomic E-state index is 0.766. The first-order valence-corrected chi connectivity index (χ1v) is 18.6. The first-order chi connectivity index (χ1) is 26.7. The first kappa shape index (κ1) is 37.2. The van der Waals surface area contributed by atoms with Gasteiger partial charge in [-0.1, -0.05) is 170 Å². The fourth-order valence-corrected chi connectivity index (χ4v) is 6.76. The Hall–Kier alpha value is -6.58. The second kappa shape index (κ2) is 18.8. The quantitative estimate of drug-likeness (QED) is 0.0765. The van der Waals surface area contributed by atoms with E-state index in [-0.39, 0.29) is 0 Å². The summed E-state index contributed by atoms with van der Waals surface area (Å²) in [5, 5.41) is 4.91. The molecule has 0 N–H and O–H groups in total. The molecule has 54 heavy (non-hydrogen) atoms. The van der Waals surface area contributed by atoms with Crippen molar-refractivity contribution < 1.29 is 0 Å². The second-order valence-corrected chi connectivity index (χ2v) is 12.7. The van der Waals surface area contributed by atoms with Crippen LogP contribution in [-0.4, -0.2) is 24.0 Å². The Balaban J connectivity index is 1.53. The molecule has 3 nitrogen and oxygen atoms in total. The van der Waals surface area contributed by atoms with E-state index in [0.29, 0.717) is 0 Å². The van der Waals surface area contributed by atoms with Gasteiger partial charge < -0.3 is 4.90 Å². The largest absolute Gasteiger partial charge is 0.301 e. The summed E-state index contributed by atoms with van der Waals surface area (Å²) in [6.07, 6.45) is 34.0. The van der Waals surface area contributed by atoms with Gasteiger partial charge in [-0.3, -0.25) is 4.99 Å². The summed E-state index contributed by atoms with van der Waals surface area (Å²) in [7, 11) is 1.77. The summed E-state index contributed by atoms with van der Waals surface area (Å²) in [6.45, 7) is 6.19. The molecule has 0 radical (unpaired) electrons. The summed E-state index contributed by atoms with van der Waals surface area (Å²) in [5.74, 6) is 0.821. The van der Waals surface area contributed by atoms with Crippen molar-refractivity contribution >= 4 is 44.9 Å². The van der Waals surface area contributed by atoms with E-state index in [4.69, 9.17) is 4.99 Å². The zero-order chi connectivity index (χ0) is 37.5. The van der Waals surface area contributed by atoms with Gasteiger partial charge in [-0.15, -0.1) is 0 Å². The van der Waals surface area contributed by atoms with Crippen LogP contribution in [0.4, 0.5) is 0 Å². The predicted molar refractivity (Wildman–Crippen MR) is 237 cm³/mol. The summed E-state index contributed by atoms with van der Waals surface area (Å²) < 4.78 is 0. The van der Waals surface area contributed by atoms with Gasteiger partial charge in [-0.25, -0.2) is 4.99 Å². The highest BCUT2D eigenvalue weighted by Crippen LogP contribution is 2.42. The van der Waals surface area contributed by atoms with E-state index in [0.717, 1.165) is 40.3 Å². The van der Waals surface area contributed by atoms with Crippen LogP contribution < -0.4 is 0 Å². The Kier molecular flexibility index (Phi) is 12.9. The molecular formula is C51H47N3. The van der Waals surface area contributed by atoms with Gasteiger partial charge in [0.25, 0.3) is 0 Å². The van der Waals surface area contributed by atoms with Gasteiger partial charge in [-0.2, -0.15) is 0 Å². The molecule has 0 spiro atoms. The lowest BCUT2D eigenvalue weighted by Crippen LogP contribution is -2.26. The molecule has 0 fully saturated rings. The van der Waals surface area contributed by atoms with Crippen LogP contribution in [0.2, 0.25) is 0 Å². The smallest absolute Gasteiger partial charge is 0.145 e. The van der Waals surface area contributed by atoms with Crippen molar-refractivity contribution in [2.75, 3.05) is 7.05 Å². The van der Waals surface area contributed by atoms with E-state index in [1.54, 1.807) is 13.3 Å². The standard InChI is InChI=1S/C51H47N3/c1-5-8-10-11-16-31-48(40-24-14-12-15-25-40)54-38-22-21-26-43(36-37-52-4)53-51(54)42-34-32-41(33-35-42)50-46-29-19-17-27-44(46)49(39(7-3)23-13-9-6-2)45-28-18-20-30-47(45)50/h5-15,17-38H,16H2,1-4H3/b8-5-,9-6+,11-10-,23-13-,26-21-,38-22-,39-7+,43-36-,48-31+,52-37?,53-51?. The topological polar surface area (TPSA) is 28.0 Å². The van der Waals surface area contributed by atoms with Gasteiger partial charge in [0.1, 0.15) is 5.84 Å². The van der Waals surface area contributed by atoms with Gasteiger partial charge in [0.2, 0.25) is 0 Å². The third-order valence-electron chi connectivity index (χ3n) is 9.23. The summed E-state index contributed by atoms with van der Waals surface area (Å²) in [5.41, 5.74) is 8.79. The van der Waals surface area contributed by atoms with Crippen LogP contribution in [0.5, 0.6) is 0 Å². The Bertz CT molecular complexity index is 2370. The summed E-state index contributed by atoms with van der Waals surface area (Å²) >= 11 is 0. The molecule has 0 saturated heterocycles. The van der Waals surface area contributed by atoms with Crippen LogP contribution in [0.3, 0.4) is 0 Å². The second-order valence-electron chi connectivity index (χ2n) is 12.7. The number of hydrogen-bond donors (Lipinski definition) is 0. The van der Waals surface area contributed by atoms with Crippen molar-refractivity contribution in [3.63, 3.8) is 0 Å². The van der Waals surface area contributed by atoms with E-state index in [2.05, 4.69) is 187 Å². The van der Waals surface area contributed by atoms with Gasteiger partial charge in [0, 0.05) is 25.0 Å². The molecule has 0 aromatic heterocycles. The van der Waals surface area contributed by atoms with Gasteiger partial charge in [0.05, 0.1) is 11.4 Å². The average molecular weight is 702 g/mol. The van der Waals surface area contributed by atoms with Crippen LogP contribution in [-0.2, 0) is 0 Å². The van der Waals surface area contributed by atoms with Crippen molar-refractivity contribution in [1.29, 1.82) is 0 Å². The number of nitrogens with zero attached hydrogens (tertiary/aromatic N) is 3. The molecule has 0 unspecified atom stereocenters. The third-order valence-corrected chi connectivity index (χ3v) is 9.23. The average Bonchev–Trinajstić information content (AvgIpc) is 3.21. The molecule has 0 bridgehead atoms. The normalized spacial score (nSPS) is 16.5. The SMILES string of the molecule is C/C=C\C=C/C/C=C(\c1ccccc1)N1\C=C/C=C\C(=C\C=NC)N=C1c1ccc(-c2c3ccccc3c(C(/C=C\C=C\C)=C/C)c3ccccc23)cc1. The zero-order valence-electron chi connectivity index (χ0n) is 31.6.